The number of nitriles is 4. The molecule has 2 aromatic heterocycles. The molecule has 0 amide bonds. The Labute approximate surface area is 170 Å². The lowest BCUT2D eigenvalue weighted by atomic mass is 9.94. The molecule has 0 radical (unpaired) electrons. The third-order valence-electron chi connectivity index (χ3n) is 5.11. The first kappa shape index (κ1) is 17.0. The molecule has 2 aliphatic carbocycles. The first-order valence-electron chi connectivity index (χ1n) is 8.55. The molecule has 8 nitrogen and oxygen atoms in total. The van der Waals surface area contributed by atoms with E-state index >= 15 is 0 Å². The largest absolute Gasteiger partial charge is 0.232 e. The summed E-state index contributed by atoms with van der Waals surface area (Å²) < 4.78 is 0. The zero-order valence-electron chi connectivity index (χ0n) is 15.1. The Hall–Kier alpha value is -5.18. The highest BCUT2D eigenvalue weighted by Gasteiger charge is 2.36. The molecule has 1 aromatic carbocycles. The van der Waals surface area contributed by atoms with Crippen molar-refractivity contribution < 1.29 is 0 Å². The topological polar surface area (TPSA) is 147 Å². The summed E-state index contributed by atoms with van der Waals surface area (Å²) in [6.45, 7) is 8.26. The van der Waals surface area contributed by atoms with E-state index in [4.69, 9.17) is 0 Å². The van der Waals surface area contributed by atoms with Crippen LogP contribution in [0.4, 0.5) is 0 Å². The minimum Gasteiger partial charge on any atom is -0.232 e. The van der Waals surface area contributed by atoms with Gasteiger partial charge in [0.25, 0.3) is 0 Å². The fraction of sp³-hybridized carbons (Fsp3) is 0. The highest BCUT2D eigenvalue weighted by molar-refractivity contribution is 6.09. The third kappa shape index (κ3) is 1.89. The van der Waals surface area contributed by atoms with E-state index in [0.717, 1.165) is 0 Å². The van der Waals surface area contributed by atoms with Gasteiger partial charge in [-0.1, -0.05) is 25.3 Å². The highest BCUT2D eigenvalue weighted by atomic mass is 14.9. The Kier molecular flexibility index (Phi) is 3.20. The maximum atomic E-state index is 9.30. The molecule has 134 valence electrons. The lowest BCUT2D eigenvalue weighted by Crippen LogP contribution is -1.99. The quantitative estimate of drug-likeness (QED) is 0.397. The van der Waals surface area contributed by atoms with Crippen molar-refractivity contribution in [2.45, 2.75) is 0 Å². The van der Waals surface area contributed by atoms with Gasteiger partial charge in [0, 0.05) is 33.4 Å². The highest BCUT2D eigenvalue weighted by Crippen LogP contribution is 2.52. The van der Waals surface area contributed by atoms with Crippen molar-refractivity contribution in [2.24, 2.45) is 0 Å². The van der Waals surface area contributed by atoms with Crippen molar-refractivity contribution in [3.63, 3.8) is 0 Å². The van der Waals surface area contributed by atoms with E-state index < -0.39 is 0 Å². The molecule has 8 heteroatoms. The molecule has 0 unspecified atom stereocenters. The van der Waals surface area contributed by atoms with Crippen LogP contribution >= 0.6 is 0 Å². The van der Waals surface area contributed by atoms with E-state index in [1.165, 1.54) is 0 Å². The van der Waals surface area contributed by atoms with Gasteiger partial charge in [-0.05, 0) is 0 Å². The second-order valence-electron chi connectivity index (χ2n) is 6.55. The molecule has 0 aliphatic heterocycles. The summed E-state index contributed by atoms with van der Waals surface area (Å²) in [4.78, 5) is 17.3. The van der Waals surface area contributed by atoms with Gasteiger partial charge in [-0.2, -0.15) is 21.0 Å². The Balaban J connectivity index is 1.81. The van der Waals surface area contributed by atoms with Gasteiger partial charge in [-0.25, -0.2) is 19.9 Å². The Morgan fingerprint density at radius 1 is 0.533 bits per heavy atom. The van der Waals surface area contributed by atoms with Gasteiger partial charge in [0.05, 0.1) is 22.8 Å². The van der Waals surface area contributed by atoms with Gasteiger partial charge in [0.15, 0.2) is 22.8 Å². The summed E-state index contributed by atoms with van der Waals surface area (Å²) in [5, 5.41) is 37.2. The fourth-order valence-corrected chi connectivity index (χ4v) is 3.84. The van der Waals surface area contributed by atoms with E-state index in [9.17, 15) is 21.0 Å². The molecule has 0 saturated carbocycles. The van der Waals surface area contributed by atoms with Crippen molar-refractivity contribution in [3.8, 4) is 46.8 Å². The fourth-order valence-electron chi connectivity index (χ4n) is 3.84. The number of aromatic nitrogens is 4. The molecule has 0 atom stereocenters. The van der Waals surface area contributed by atoms with Gasteiger partial charge in [-0.15, -0.1) is 0 Å². The van der Waals surface area contributed by atoms with Crippen LogP contribution in [-0.2, 0) is 0 Å². The Bertz CT molecular complexity index is 1450. The van der Waals surface area contributed by atoms with E-state index in [1.54, 1.807) is 12.1 Å². The first-order chi connectivity index (χ1) is 14.5. The summed E-state index contributed by atoms with van der Waals surface area (Å²) in [5.41, 5.74) is 5.46. The average molecular weight is 382 g/mol. The number of fused-ring (bicyclic) bond motifs is 7. The van der Waals surface area contributed by atoms with Gasteiger partial charge in [0.1, 0.15) is 24.3 Å². The summed E-state index contributed by atoms with van der Waals surface area (Å²) in [6.07, 6.45) is 0. The van der Waals surface area contributed by atoms with E-state index in [-0.39, 0.29) is 22.8 Å². The molecule has 30 heavy (non-hydrogen) atoms. The van der Waals surface area contributed by atoms with Crippen LogP contribution in [0, 0.1) is 45.3 Å². The van der Waals surface area contributed by atoms with Crippen molar-refractivity contribution in [2.75, 3.05) is 0 Å². The van der Waals surface area contributed by atoms with Crippen molar-refractivity contribution in [1.82, 2.24) is 19.9 Å². The lowest BCUT2D eigenvalue weighted by Gasteiger charge is -2.08. The first-order valence-corrected chi connectivity index (χ1v) is 8.55. The number of nitrogens with zero attached hydrogens (tertiary/aromatic N) is 8. The molecule has 0 bridgehead atoms. The number of hydrogen-bond donors (Lipinski definition) is 0. The number of rotatable bonds is 0. The smallest absolute Gasteiger partial charge is 0.177 e. The summed E-state index contributed by atoms with van der Waals surface area (Å²) >= 11 is 0. The van der Waals surface area contributed by atoms with Crippen LogP contribution in [0.15, 0.2) is 25.3 Å². The molecule has 3 aromatic rings. The molecule has 0 spiro atoms. The number of benzene rings is 1. The molecule has 5 rings (SSSR count). The van der Waals surface area contributed by atoms with E-state index in [0.29, 0.717) is 56.2 Å². The second-order valence-corrected chi connectivity index (χ2v) is 6.55. The SMILES string of the molecule is C=C1c2nc(C#N)c(C#N)nc2-c2ccc3c(c21)C(=C)c1nc(C#N)c(C#N)nc1-3. The minimum absolute atomic E-state index is 0.0554. The van der Waals surface area contributed by atoms with E-state index in [2.05, 4.69) is 33.1 Å². The normalized spacial score (nSPS) is 12.0. The summed E-state index contributed by atoms with van der Waals surface area (Å²) in [7, 11) is 0. The summed E-state index contributed by atoms with van der Waals surface area (Å²) in [5.74, 6) is 0. The zero-order chi connectivity index (χ0) is 21.2. The molecule has 2 heterocycles. The van der Waals surface area contributed by atoms with Crippen LogP contribution < -0.4 is 0 Å². The Morgan fingerprint density at radius 3 is 1.13 bits per heavy atom. The van der Waals surface area contributed by atoms with Crippen LogP contribution in [0.3, 0.4) is 0 Å². The monoisotopic (exact) mass is 382 g/mol. The van der Waals surface area contributed by atoms with Crippen LogP contribution in [-0.4, -0.2) is 19.9 Å². The zero-order valence-corrected chi connectivity index (χ0v) is 15.1. The molecule has 0 saturated heterocycles. The molecular weight excluding hydrogens is 376 g/mol. The maximum Gasteiger partial charge on any atom is 0.177 e. The van der Waals surface area contributed by atoms with Gasteiger partial charge < -0.3 is 0 Å². The molecule has 0 N–H and O–H groups in total. The maximum absolute atomic E-state index is 9.30. The molecular formula is C22H6N8. The van der Waals surface area contributed by atoms with E-state index in [1.807, 2.05) is 24.3 Å². The van der Waals surface area contributed by atoms with Crippen LogP contribution in [0.2, 0.25) is 0 Å². The number of hydrogen-bond acceptors (Lipinski definition) is 8. The van der Waals surface area contributed by atoms with Crippen molar-refractivity contribution in [1.29, 1.82) is 21.0 Å². The predicted octanol–water partition coefficient (Wildman–Crippen LogP) is 2.84. The van der Waals surface area contributed by atoms with Crippen molar-refractivity contribution >= 4 is 11.1 Å². The summed E-state index contributed by atoms with van der Waals surface area (Å²) in [6, 6.07) is 11.2. The predicted molar refractivity (Wildman–Crippen MR) is 104 cm³/mol. The molecule has 0 fully saturated rings. The standard InChI is InChI=1S/C22H6N8/c1-9-17-11(21-19(9)27-13(5-23)15(7-25)29-21)3-4-12-18(17)10(2)20-22(12)30-16(8-26)14(6-24)28-20/h3-4H,1-2H2. The third-order valence-corrected chi connectivity index (χ3v) is 5.11. The van der Waals surface area contributed by atoms with Crippen LogP contribution in [0.25, 0.3) is 33.7 Å². The average Bonchev–Trinajstić information content (AvgIpc) is 3.22. The van der Waals surface area contributed by atoms with Crippen LogP contribution in [0.5, 0.6) is 0 Å². The second kappa shape index (κ2) is 5.66. The lowest BCUT2D eigenvalue weighted by molar-refractivity contribution is 1.12. The minimum atomic E-state index is -0.0652. The Morgan fingerprint density at radius 2 is 0.833 bits per heavy atom. The van der Waals surface area contributed by atoms with Gasteiger partial charge >= 0.3 is 0 Å². The van der Waals surface area contributed by atoms with Gasteiger partial charge in [-0.3, -0.25) is 0 Å². The van der Waals surface area contributed by atoms with Crippen LogP contribution in [0.1, 0.15) is 45.3 Å². The van der Waals surface area contributed by atoms with Crippen molar-refractivity contribution in [3.05, 3.63) is 70.6 Å². The molecule has 2 aliphatic rings. The van der Waals surface area contributed by atoms with Gasteiger partial charge in [0.2, 0.25) is 0 Å².